The normalized spacial score (nSPS) is 13.4. The van der Waals surface area contributed by atoms with E-state index in [0.29, 0.717) is 0 Å². The summed E-state index contributed by atoms with van der Waals surface area (Å²) in [5.74, 6) is 0. The van der Waals surface area contributed by atoms with Gasteiger partial charge in [-0.25, -0.2) is 4.98 Å². The van der Waals surface area contributed by atoms with Gasteiger partial charge in [-0.2, -0.15) is 0 Å². The largest absolute Gasteiger partial charge is 0.313 e. The van der Waals surface area contributed by atoms with Gasteiger partial charge in [0, 0.05) is 32.8 Å². The second kappa shape index (κ2) is 6.78. The maximum Gasteiger partial charge on any atom is 0.0947 e. The highest BCUT2D eigenvalue weighted by atomic mass is 79.9. The molecule has 0 radical (unpaired) electrons. The predicted octanol–water partition coefficient (Wildman–Crippen LogP) is 5.36. The molecule has 0 saturated heterocycles. The van der Waals surface area contributed by atoms with Crippen molar-refractivity contribution in [3.8, 4) is 0 Å². The zero-order chi connectivity index (χ0) is 15.6. The first kappa shape index (κ1) is 16.9. The molecule has 0 bridgehead atoms. The summed E-state index contributed by atoms with van der Waals surface area (Å²) in [6.07, 6.45) is 0.846. The lowest BCUT2D eigenvalue weighted by Gasteiger charge is -2.17. The number of hydrogen-bond donors (Lipinski definition) is 1. The van der Waals surface area contributed by atoms with Crippen molar-refractivity contribution >= 4 is 38.9 Å². The van der Waals surface area contributed by atoms with Crippen LogP contribution in [-0.4, -0.2) is 12.0 Å². The SMILES string of the molecule is CNC(Cc1nc(C(C)(C)C)cs1)c1ccc(Br)cc1Cl. The van der Waals surface area contributed by atoms with Crippen molar-refractivity contribution in [3.63, 3.8) is 0 Å². The molecule has 0 aliphatic carbocycles. The second-order valence-electron chi connectivity index (χ2n) is 6.09. The highest BCUT2D eigenvalue weighted by Crippen LogP contribution is 2.30. The summed E-state index contributed by atoms with van der Waals surface area (Å²) < 4.78 is 0.996. The summed E-state index contributed by atoms with van der Waals surface area (Å²) in [4.78, 5) is 4.77. The number of likely N-dealkylation sites (N-methyl/N-ethyl adjacent to an activating group) is 1. The Morgan fingerprint density at radius 2 is 2.10 bits per heavy atom. The number of thiazole rings is 1. The standard InChI is InChI=1S/C16H20BrClN2S/c1-16(2,3)14-9-21-15(20-14)8-13(19-4)11-6-5-10(17)7-12(11)18/h5-7,9,13,19H,8H2,1-4H3. The maximum absolute atomic E-state index is 6.36. The van der Waals surface area contributed by atoms with Crippen LogP contribution in [0.15, 0.2) is 28.1 Å². The minimum absolute atomic E-state index is 0.0964. The van der Waals surface area contributed by atoms with Gasteiger partial charge < -0.3 is 5.32 Å². The molecule has 1 heterocycles. The number of aromatic nitrogens is 1. The third-order valence-corrected chi connectivity index (χ3v) is 5.08. The van der Waals surface area contributed by atoms with Gasteiger partial charge in [0.05, 0.1) is 10.7 Å². The summed E-state index contributed by atoms with van der Waals surface area (Å²) in [5.41, 5.74) is 2.35. The molecule has 1 aromatic carbocycles. The average Bonchev–Trinajstić information content (AvgIpc) is 2.85. The Morgan fingerprint density at radius 3 is 2.62 bits per heavy atom. The molecule has 21 heavy (non-hydrogen) atoms. The van der Waals surface area contributed by atoms with Crippen molar-refractivity contribution in [2.24, 2.45) is 0 Å². The van der Waals surface area contributed by atoms with Crippen LogP contribution in [0, 0.1) is 0 Å². The van der Waals surface area contributed by atoms with Crippen molar-refractivity contribution in [1.29, 1.82) is 0 Å². The Kier molecular flexibility index (Phi) is 5.47. The molecule has 1 aromatic heterocycles. The number of benzene rings is 1. The Balaban J connectivity index is 2.21. The molecule has 0 aliphatic heterocycles. The van der Waals surface area contributed by atoms with Crippen molar-refractivity contribution in [2.45, 2.75) is 38.6 Å². The van der Waals surface area contributed by atoms with Gasteiger partial charge in [0.25, 0.3) is 0 Å². The third kappa shape index (κ3) is 4.28. The van der Waals surface area contributed by atoms with Gasteiger partial charge in [-0.15, -0.1) is 11.3 Å². The Bertz CT molecular complexity index is 619. The van der Waals surface area contributed by atoms with Crippen LogP contribution in [0.3, 0.4) is 0 Å². The van der Waals surface area contributed by atoms with E-state index in [1.807, 2.05) is 19.2 Å². The second-order valence-corrected chi connectivity index (χ2v) is 8.35. The molecule has 1 unspecified atom stereocenters. The zero-order valence-electron chi connectivity index (χ0n) is 12.7. The van der Waals surface area contributed by atoms with Gasteiger partial charge in [0.15, 0.2) is 0 Å². The lowest BCUT2D eigenvalue weighted by Crippen LogP contribution is -2.19. The lowest BCUT2D eigenvalue weighted by atomic mass is 9.93. The molecule has 1 atom stereocenters. The fourth-order valence-electron chi connectivity index (χ4n) is 2.08. The Labute approximate surface area is 144 Å². The highest BCUT2D eigenvalue weighted by molar-refractivity contribution is 9.10. The number of nitrogens with zero attached hydrogens (tertiary/aromatic N) is 1. The fourth-order valence-corrected chi connectivity index (χ4v) is 3.95. The lowest BCUT2D eigenvalue weighted by molar-refractivity contribution is 0.560. The summed E-state index contributed by atoms with van der Waals surface area (Å²) in [5, 5.41) is 7.41. The van der Waals surface area contributed by atoms with Crippen molar-refractivity contribution < 1.29 is 0 Å². The highest BCUT2D eigenvalue weighted by Gasteiger charge is 2.20. The van der Waals surface area contributed by atoms with Gasteiger partial charge in [-0.05, 0) is 24.7 Å². The van der Waals surface area contributed by atoms with Crippen molar-refractivity contribution in [2.75, 3.05) is 7.05 Å². The number of nitrogens with one attached hydrogen (secondary N) is 1. The smallest absolute Gasteiger partial charge is 0.0947 e. The van der Waals surface area contributed by atoms with E-state index in [9.17, 15) is 0 Å². The minimum atomic E-state index is 0.0964. The quantitative estimate of drug-likeness (QED) is 0.764. The number of rotatable bonds is 4. The van der Waals surface area contributed by atoms with Crippen LogP contribution in [0.25, 0.3) is 0 Å². The molecule has 0 fully saturated rings. The van der Waals surface area contributed by atoms with E-state index in [1.54, 1.807) is 11.3 Å². The maximum atomic E-state index is 6.36. The van der Waals surface area contributed by atoms with Crippen LogP contribution in [0.5, 0.6) is 0 Å². The molecule has 0 amide bonds. The number of hydrogen-bond acceptors (Lipinski definition) is 3. The van der Waals surface area contributed by atoms with Crippen LogP contribution in [0.2, 0.25) is 5.02 Å². The molecule has 2 nitrogen and oxygen atoms in total. The van der Waals surface area contributed by atoms with Crippen LogP contribution < -0.4 is 5.32 Å². The molecule has 2 rings (SSSR count). The van der Waals surface area contributed by atoms with E-state index in [-0.39, 0.29) is 11.5 Å². The summed E-state index contributed by atoms with van der Waals surface area (Å²) in [6.45, 7) is 6.56. The predicted molar refractivity (Wildman–Crippen MR) is 95.5 cm³/mol. The molecule has 114 valence electrons. The van der Waals surface area contributed by atoms with E-state index in [4.69, 9.17) is 16.6 Å². The summed E-state index contributed by atoms with van der Waals surface area (Å²) in [7, 11) is 1.96. The minimum Gasteiger partial charge on any atom is -0.313 e. The first-order chi connectivity index (χ1) is 9.81. The summed E-state index contributed by atoms with van der Waals surface area (Å²) >= 11 is 11.5. The molecule has 0 saturated carbocycles. The van der Waals surface area contributed by atoms with E-state index >= 15 is 0 Å². The first-order valence-electron chi connectivity index (χ1n) is 6.88. The van der Waals surface area contributed by atoms with Crippen molar-refractivity contribution in [3.05, 3.63) is 49.3 Å². The first-order valence-corrected chi connectivity index (χ1v) is 8.93. The monoisotopic (exact) mass is 386 g/mol. The van der Waals surface area contributed by atoms with Gasteiger partial charge in [-0.3, -0.25) is 0 Å². The number of halogens is 2. The van der Waals surface area contributed by atoms with Crippen LogP contribution >= 0.6 is 38.9 Å². The van der Waals surface area contributed by atoms with Gasteiger partial charge in [0.1, 0.15) is 0 Å². The van der Waals surface area contributed by atoms with Crippen LogP contribution in [0.4, 0.5) is 0 Å². The average molecular weight is 388 g/mol. The van der Waals surface area contributed by atoms with E-state index in [1.165, 1.54) is 0 Å². The summed E-state index contributed by atoms with van der Waals surface area (Å²) in [6, 6.07) is 6.19. The Hall–Kier alpha value is -0.420. The zero-order valence-corrected chi connectivity index (χ0v) is 15.9. The van der Waals surface area contributed by atoms with E-state index in [0.717, 1.165) is 32.2 Å². The molecule has 1 N–H and O–H groups in total. The van der Waals surface area contributed by atoms with Crippen LogP contribution in [-0.2, 0) is 11.8 Å². The molecule has 0 spiro atoms. The van der Waals surface area contributed by atoms with Crippen LogP contribution in [0.1, 0.15) is 43.1 Å². The van der Waals surface area contributed by atoms with Gasteiger partial charge >= 0.3 is 0 Å². The molecule has 0 aliphatic rings. The van der Waals surface area contributed by atoms with Gasteiger partial charge in [-0.1, -0.05) is 54.4 Å². The van der Waals surface area contributed by atoms with E-state index < -0.39 is 0 Å². The molecule has 2 aromatic rings. The van der Waals surface area contributed by atoms with Crippen molar-refractivity contribution in [1.82, 2.24) is 10.3 Å². The molecular weight excluding hydrogens is 368 g/mol. The fraction of sp³-hybridized carbons (Fsp3) is 0.438. The molecule has 5 heteroatoms. The van der Waals surface area contributed by atoms with Gasteiger partial charge in [0.2, 0.25) is 0 Å². The third-order valence-electron chi connectivity index (χ3n) is 3.39. The van der Waals surface area contributed by atoms with E-state index in [2.05, 4.69) is 53.5 Å². The Morgan fingerprint density at radius 1 is 1.38 bits per heavy atom. The molecular formula is C16H20BrClN2S. The topological polar surface area (TPSA) is 24.9 Å².